The van der Waals surface area contributed by atoms with Crippen LogP contribution in [0.5, 0.6) is 0 Å². The first-order valence-electron chi connectivity index (χ1n) is 6.51. The van der Waals surface area contributed by atoms with Crippen molar-refractivity contribution < 1.29 is 15.0 Å². The molecule has 0 aromatic rings. The molecule has 0 saturated carbocycles. The fourth-order valence-corrected chi connectivity index (χ4v) is 3.27. The smallest absolute Gasteiger partial charge is 0.158 e. The van der Waals surface area contributed by atoms with Gasteiger partial charge in [0.1, 0.15) is 0 Å². The summed E-state index contributed by atoms with van der Waals surface area (Å²) in [6, 6.07) is 0. The lowest BCUT2D eigenvalue weighted by atomic mass is 9.64. The van der Waals surface area contributed by atoms with Crippen molar-refractivity contribution in [1.82, 2.24) is 0 Å². The standard InChI is InChI=1S/C15H22O3/c1-8-6-13(17)14(18)15(3,4)11-5-9(2)12(16)7-10(8)11/h5-6,10-11,13-14,17-18H,7H2,1-4H3. The number of hydrogen-bond donors (Lipinski definition) is 2. The number of carbonyl (C=O) groups excluding carboxylic acids is 1. The van der Waals surface area contributed by atoms with Crippen molar-refractivity contribution in [2.45, 2.75) is 46.3 Å². The van der Waals surface area contributed by atoms with E-state index in [4.69, 9.17) is 0 Å². The highest BCUT2D eigenvalue weighted by Gasteiger charge is 2.46. The molecule has 0 saturated heterocycles. The first-order chi connectivity index (χ1) is 8.25. The van der Waals surface area contributed by atoms with Gasteiger partial charge in [-0.05, 0) is 31.3 Å². The zero-order valence-electron chi connectivity index (χ0n) is 11.5. The van der Waals surface area contributed by atoms with Crippen LogP contribution in [-0.4, -0.2) is 28.2 Å². The molecular formula is C15H22O3. The van der Waals surface area contributed by atoms with Gasteiger partial charge in [0.25, 0.3) is 0 Å². The molecule has 2 aliphatic rings. The molecule has 100 valence electrons. The van der Waals surface area contributed by atoms with E-state index in [-0.39, 0.29) is 17.6 Å². The molecule has 2 rings (SSSR count). The molecule has 4 unspecified atom stereocenters. The molecule has 4 atom stereocenters. The number of Topliss-reactive ketones (excluding diaryl/α,β-unsaturated/α-hetero) is 1. The van der Waals surface area contributed by atoms with Gasteiger partial charge in [0.15, 0.2) is 5.78 Å². The van der Waals surface area contributed by atoms with E-state index in [1.54, 1.807) is 6.08 Å². The van der Waals surface area contributed by atoms with Crippen molar-refractivity contribution in [3.05, 3.63) is 23.3 Å². The quantitative estimate of drug-likeness (QED) is 0.645. The Labute approximate surface area is 108 Å². The van der Waals surface area contributed by atoms with Crippen molar-refractivity contribution in [2.24, 2.45) is 17.3 Å². The Balaban J connectivity index is 2.52. The molecule has 2 N–H and O–H groups in total. The van der Waals surface area contributed by atoms with Gasteiger partial charge in [0.2, 0.25) is 0 Å². The Morgan fingerprint density at radius 1 is 1.22 bits per heavy atom. The highest BCUT2D eigenvalue weighted by molar-refractivity contribution is 5.96. The third-order valence-corrected chi connectivity index (χ3v) is 4.67. The molecular weight excluding hydrogens is 228 g/mol. The molecule has 0 heterocycles. The van der Waals surface area contributed by atoms with Crippen LogP contribution in [0.3, 0.4) is 0 Å². The lowest BCUT2D eigenvalue weighted by molar-refractivity contribution is -0.118. The van der Waals surface area contributed by atoms with Crippen molar-refractivity contribution in [3.63, 3.8) is 0 Å². The van der Waals surface area contributed by atoms with Crippen LogP contribution in [0.15, 0.2) is 23.3 Å². The summed E-state index contributed by atoms with van der Waals surface area (Å²) in [7, 11) is 0. The fourth-order valence-electron chi connectivity index (χ4n) is 3.27. The van der Waals surface area contributed by atoms with Crippen LogP contribution >= 0.6 is 0 Å². The van der Waals surface area contributed by atoms with Crippen LogP contribution in [-0.2, 0) is 4.79 Å². The van der Waals surface area contributed by atoms with E-state index in [9.17, 15) is 15.0 Å². The second kappa shape index (κ2) is 4.32. The zero-order valence-corrected chi connectivity index (χ0v) is 11.5. The van der Waals surface area contributed by atoms with Crippen LogP contribution in [0.2, 0.25) is 0 Å². The molecule has 0 aliphatic heterocycles. The molecule has 3 heteroatoms. The van der Waals surface area contributed by atoms with E-state index in [1.165, 1.54) is 0 Å². The van der Waals surface area contributed by atoms with E-state index < -0.39 is 17.6 Å². The van der Waals surface area contributed by atoms with E-state index in [2.05, 4.69) is 0 Å². The lowest BCUT2D eigenvalue weighted by Crippen LogP contribution is -2.44. The maximum atomic E-state index is 11.9. The van der Waals surface area contributed by atoms with Crippen LogP contribution in [0.1, 0.15) is 34.1 Å². The Kier molecular flexibility index (Phi) is 3.24. The summed E-state index contributed by atoms with van der Waals surface area (Å²) in [6.45, 7) is 7.70. The van der Waals surface area contributed by atoms with Gasteiger partial charge >= 0.3 is 0 Å². The molecule has 0 radical (unpaired) electrons. The number of aliphatic hydroxyl groups excluding tert-OH is 2. The van der Waals surface area contributed by atoms with Crippen molar-refractivity contribution in [2.75, 3.05) is 0 Å². The maximum Gasteiger partial charge on any atom is 0.158 e. The molecule has 0 bridgehead atoms. The fraction of sp³-hybridized carbons (Fsp3) is 0.667. The number of carbonyl (C=O) groups is 1. The van der Waals surface area contributed by atoms with Gasteiger partial charge in [0, 0.05) is 11.8 Å². The Hall–Kier alpha value is -0.930. The number of hydrogen-bond acceptors (Lipinski definition) is 3. The topological polar surface area (TPSA) is 57.5 Å². The minimum absolute atomic E-state index is 0.0959. The predicted octanol–water partition coefficient (Wildman–Crippen LogP) is 1.85. The molecule has 2 aliphatic carbocycles. The highest BCUT2D eigenvalue weighted by atomic mass is 16.3. The van der Waals surface area contributed by atoms with Gasteiger partial charge in [-0.15, -0.1) is 0 Å². The lowest BCUT2D eigenvalue weighted by Gasteiger charge is -2.42. The zero-order chi connectivity index (χ0) is 13.7. The maximum absolute atomic E-state index is 11.9. The van der Waals surface area contributed by atoms with Gasteiger partial charge in [-0.2, -0.15) is 0 Å². The SMILES string of the molecule is CC1=CC2C(CC1=O)C(C)=CC(O)C(O)C2(C)C. The molecule has 0 aromatic heterocycles. The molecule has 0 spiro atoms. The molecule has 0 aromatic carbocycles. The summed E-state index contributed by atoms with van der Waals surface area (Å²) in [4.78, 5) is 11.9. The Bertz CT molecular complexity index is 431. The monoisotopic (exact) mass is 250 g/mol. The summed E-state index contributed by atoms with van der Waals surface area (Å²) in [5.74, 6) is 0.368. The molecule has 0 amide bonds. The van der Waals surface area contributed by atoms with Gasteiger partial charge in [-0.3, -0.25) is 4.79 Å². The van der Waals surface area contributed by atoms with E-state index >= 15 is 0 Å². The van der Waals surface area contributed by atoms with Gasteiger partial charge < -0.3 is 10.2 Å². The minimum Gasteiger partial charge on any atom is -0.390 e. The van der Waals surface area contributed by atoms with E-state index in [0.29, 0.717) is 6.42 Å². The van der Waals surface area contributed by atoms with Crippen LogP contribution < -0.4 is 0 Å². The number of ketones is 1. The van der Waals surface area contributed by atoms with Gasteiger partial charge in [-0.25, -0.2) is 0 Å². The van der Waals surface area contributed by atoms with Crippen molar-refractivity contribution in [1.29, 1.82) is 0 Å². The first-order valence-corrected chi connectivity index (χ1v) is 6.51. The van der Waals surface area contributed by atoms with Crippen molar-refractivity contribution in [3.8, 4) is 0 Å². The number of aliphatic hydroxyl groups is 2. The summed E-state index contributed by atoms with van der Waals surface area (Å²) < 4.78 is 0. The molecule has 0 fully saturated rings. The highest BCUT2D eigenvalue weighted by Crippen LogP contribution is 2.47. The molecule has 18 heavy (non-hydrogen) atoms. The summed E-state index contributed by atoms with van der Waals surface area (Å²) in [5, 5.41) is 20.3. The third-order valence-electron chi connectivity index (χ3n) is 4.67. The summed E-state index contributed by atoms with van der Waals surface area (Å²) >= 11 is 0. The summed E-state index contributed by atoms with van der Waals surface area (Å²) in [5.41, 5.74) is 1.34. The Morgan fingerprint density at radius 2 is 1.83 bits per heavy atom. The van der Waals surface area contributed by atoms with Crippen molar-refractivity contribution >= 4 is 5.78 Å². The Morgan fingerprint density at radius 3 is 2.44 bits per heavy atom. The third kappa shape index (κ3) is 1.95. The number of rotatable bonds is 0. The van der Waals surface area contributed by atoms with E-state index in [1.807, 2.05) is 33.8 Å². The van der Waals surface area contributed by atoms with Crippen LogP contribution in [0.4, 0.5) is 0 Å². The average molecular weight is 250 g/mol. The van der Waals surface area contributed by atoms with Gasteiger partial charge in [0.05, 0.1) is 12.2 Å². The molecule has 3 nitrogen and oxygen atoms in total. The van der Waals surface area contributed by atoms with Crippen LogP contribution in [0.25, 0.3) is 0 Å². The second-order valence-corrected chi connectivity index (χ2v) is 6.28. The average Bonchev–Trinajstić information content (AvgIpc) is 2.34. The minimum atomic E-state index is -0.852. The largest absolute Gasteiger partial charge is 0.390 e. The first kappa shape index (κ1) is 13.5. The summed E-state index contributed by atoms with van der Waals surface area (Å²) in [6.07, 6.45) is 2.51. The normalized spacial score (nSPS) is 39.6. The van der Waals surface area contributed by atoms with Crippen LogP contribution in [0, 0.1) is 17.3 Å². The number of fused-ring (bicyclic) bond motifs is 1. The second-order valence-electron chi connectivity index (χ2n) is 6.28. The van der Waals surface area contributed by atoms with Gasteiger partial charge in [-0.1, -0.05) is 31.6 Å². The van der Waals surface area contributed by atoms with E-state index in [0.717, 1.165) is 11.1 Å². The predicted molar refractivity (Wildman–Crippen MR) is 69.9 cm³/mol. The number of allylic oxidation sites excluding steroid dienone is 3.